The van der Waals surface area contributed by atoms with Crippen molar-refractivity contribution in [2.24, 2.45) is 0 Å². The van der Waals surface area contributed by atoms with E-state index >= 15 is 0 Å². The quantitative estimate of drug-likeness (QED) is 0.665. The zero-order valence-electron chi connectivity index (χ0n) is 14.6. The molecule has 2 aromatic carbocycles. The van der Waals surface area contributed by atoms with E-state index in [0.717, 1.165) is 30.0 Å². The summed E-state index contributed by atoms with van der Waals surface area (Å²) >= 11 is 0. The highest BCUT2D eigenvalue weighted by molar-refractivity contribution is 5.86. The average Bonchev–Trinajstić information content (AvgIpc) is 3.05. The Labute approximate surface area is 152 Å². The molecule has 0 aliphatic carbocycles. The lowest BCUT2D eigenvalue weighted by Crippen LogP contribution is -2.24. The van der Waals surface area contributed by atoms with Gasteiger partial charge in [0.15, 0.2) is 5.76 Å². The van der Waals surface area contributed by atoms with Gasteiger partial charge in [-0.1, -0.05) is 42.5 Å². The Balaban J connectivity index is 1.71. The van der Waals surface area contributed by atoms with Crippen molar-refractivity contribution in [1.82, 2.24) is 4.98 Å². The van der Waals surface area contributed by atoms with Gasteiger partial charge in [-0.2, -0.15) is 0 Å². The summed E-state index contributed by atoms with van der Waals surface area (Å²) in [5.41, 5.74) is 4.10. The molecule has 0 saturated heterocycles. The van der Waals surface area contributed by atoms with Crippen molar-refractivity contribution in [2.45, 2.75) is 19.9 Å². The van der Waals surface area contributed by atoms with E-state index in [-0.39, 0.29) is 5.89 Å². The standard InChI is InChI=1S/C21H20N2O3/c1-2-25-21(24)20-22-17-12-13-23(14-15-8-4-3-5-9-15)18-11-7-6-10-16(18)19(17)26-20/h3-11H,2,12-14H2,1H3. The van der Waals surface area contributed by atoms with Crippen molar-refractivity contribution in [3.63, 3.8) is 0 Å². The molecule has 132 valence electrons. The number of benzene rings is 2. The second-order valence-electron chi connectivity index (χ2n) is 6.19. The number of esters is 1. The van der Waals surface area contributed by atoms with Crippen molar-refractivity contribution in [3.8, 4) is 11.3 Å². The Kier molecular flexibility index (Phi) is 4.44. The third-order valence-electron chi connectivity index (χ3n) is 4.47. The number of aromatic nitrogens is 1. The van der Waals surface area contributed by atoms with Crippen LogP contribution < -0.4 is 4.90 Å². The van der Waals surface area contributed by atoms with E-state index < -0.39 is 5.97 Å². The number of fused-ring (bicyclic) bond motifs is 3. The maximum atomic E-state index is 12.0. The minimum atomic E-state index is -0.515. The van der Waals surface area contributed by atoms with Crippen molar-refractivity contribution in [3.05, 3.63) is 71.7 Å². The van der Waals surface area contributed by atoms with E-state index in [1.54, 1.807) is 6.92 Å². The van der Waals surface area contributed by atoms with E-state index in [9.17, 15) is 4.79 Å². The smallest absolute Gasteiger partial charge is 0.394 e. The van der Waals surface area contributed by atoms with Crippen LogP contribution in [0, 0.1) is 0 Å². The lowest BCUT2D eigenvalue weighted by molar-refractivity contribution is 0.0481. The van der Waals surface area contributed by atoms with Crippen LogP contribution in [0.25, 0.3) is 11.3 Å². The van der Waals surface area contributed by atoms with Crippen LogP contribution in [0.3, 0.4) is 0 Å². The van der Waals surface area contributed by atoms with E-state index in [2.05, 4.69) is 40.2 Å². The first-order valence-corrected chi connectivity index (χ1v) is 8.81. The summed E-state index contributed by atoms with van der Waals surface area (Å²) in [6, 6.07) is 18.5. The van der Waals surface area contributed by atoms with E-state index in [4.69, 9.17) is 9.15 Å². The number of hydrogen-bond acceptors (Lipinski definition) is 5. The van der Waals surface area contributed by atoms with Crippen LogP contribution in [-0.2, 0) is 17.7 Å². The summed E-state index contributed by atoms with van der Waals surface area (Å²) in [7, 11) is 0. The highest BCUT2D eigenvalue weighted by Crippen LogP contribution is 2.37. The van der Waals surface area contributed by atoms with Gasteiger partial charge in [0.25, 0.3) is 0 Å². The maximum absolute atomic E-state index is 12.0. The van der Waals surface area contributed by atoms with E-state index in [1.165, 1.54) is 5.56 Å². The Morgan fingerprint density at radius 2 is 1.92 bits per heavy atom. The molecule has 0 unspecified atom stereocenters. The third kappa shape index (κ3) is 3.08. The summed E-state index contributed by atoms with van der Waals surface area (Å²) in [6.07, 6.45) is 0.708. The fourth-order valence-electron chi connectivity index (χ4n) is 3.28. The number of hydrogen-bond donors (Lipinski definition) is 0. The van der Waals surface area contributed by atoms with Gasteiger partial charge >= 0.3 is 11.9 Å². The molecule has 0 atom stereocenters. The van der Waals surface area contributed by atoms with Crippen molar-refractivity contribution in [2.75, 3.05) is 18.1 Å². The maximum Gasteiger partial charge on any atom is 0.394 e. The average molecular weight is 348 g/mol. The zero-order valence-corrected chi connectivity index (χ0v) is 14.6. The molecule has 0 saturated carbocycles. The van der Waals surface area contributed by atoms with E-state index in [0.29, 0.717) is 18.8 Å². The normalized spacial score (nSPS) is 12.9. The molecule has 0 radical (unpaired) electrons. The molecule has 2 heterocycles. The number of carbonyl (C=O) groups excluding carboxylic acids is 1. The van der Waals surface area contributed by atoms with Crippen LogP contribution in [0.15, 0.2) is 59.0 Å². The second kappa shape index (κ2) is 7.04. The number of rotatable bonds is 4. The Morgan fingerprint density at radius 3 is 2.73 bits per heavy atom. The predicted octanol–water partition coefficient (Wildman–Crippen LogP) is 4.08. The van der Waals surface area contributed by atoms with Gasteiger partial charge in [-0.15, -0.1) is 0 Å². The Morgan fingerprint density at radius 1 is 1.15 bits per heavy atom. The van der Waals surface area contributed by atoms with Gasteiger partial charge in [0, 0.05) is 30.8 Å². The van der Waals surface area contributed by atoms with Crippen molar-refractivity contribution >= 4 is 11.7 Å². The number of carbonyl (C=O) groups is 1. The molecule has 0 spiro atoms. The number of anilines is 1. The van der Waals surface area contributed by atoms with Crippen LogP contribution in [0.1, 0.15) is 28.9 Å². The van der Waals surface area contributed by atoms with Crippen LogP contribution in [-0.4, -0.2) is 24.1 Å². The molecular weight excluding hydrogens is 328 g/mol. The molecule has 0 fully saturated rings. The highest BCUT2D eigenvalue weighted by Gasteiger charge is 2.27. The molecule has 26 heavy (non-hydrogen) atoms. The molecule has 0 N–H and O–H groups in total. The highest BCUT2D eigenvalue weighted by atomic mass is 16.5. The minimum Gasteiger partial charge on any atom is -0.459 e. The third-order valence-corrected chi connectivity index (χ3v) is 4.47. The monoisotopic (exact) mass is 348 g/mol. The van der Waals surface area contributed by atoms with Crippen LogP contribution in [0.2, 0.25) is 0 Å². The summed E-state index contributed by atoms with van der Waals surface area (Å²) < 4.78 is 10.8. The van der Waals surface area contributed by atoms with E-state index in [1.807, 2.05) is 24.3 Å². The molecule has 5 heteroatoms. The van der Waals surface area contributed by atoms with Crippen molar-refractivity contribution < 1.29 is 13.9 Å². The molecule has 1 aliphatic heterocycles. The second-order valence-corrected chi connectivity index (χ2v) is 6.19. The number of oxazole rings is 1. The zero-order chi connectivity index (χ0) is 17.9. The summed E-state index contributed by atoms with van der Waals surface area (Å²) in [5, 5.41) is 0. The van der Waals surface area contributed by atoms with Gasteiger partial charge in [-0.3, -0.25) is 0 Å². The van der Waals surface area contributed by atoms with Crippen LogP contribution in [0.5, 0.6) is 0 Å². The largest absolute Gasteiger partial charge is 0.459 e. The molecule has 1 aliphatic rings. The first kappa shape index (κ1) is 16.4. The fraction of sp³-hybridized carbons (Fsp3) is 0.238. The van der Waals surface area contributed by atoms with Gasteiger partial charge in [0.1, 0.15) is 0 Å². The molecule has 5 nitrogen and oxygen atoms in total. The fourth-order valence-corrected chi connectivity index (χ4v) is 3.28. The lowest BCUT2D eigenvalue weighted by atomic mass is 10.1. The van der Waals surface area contributed by atoms with Gasteiger partial charge in [-0.05, 0) is 24.6 Å². The van der Waals surface area contributed by atoms with Crippen LogP contribution >= 0.6 is 0 Å². The number of para-hydroxylation sites is 1. The molecule has 3 aromatic rings. The first-order chi connectivity index (χ1) is 12.8. The Bertz CT molecular complexity index is 918. The Hall–Kier alpha value is -3.08. The first-order valence-electron chi connectivity index (χ1n) is 8.81. The van der Waals surface area contributed by atoms with Crippen molar-refractivity contribution in [1.29, 1.82) is 0 Å². The van der Waals surface area contributed by atoms with Gasteiger partial charge in [0.05, 0.1) is 12.3 Å². The van der Waals surface area contributed by atoms with Gasteiger partial charge in [0.2, 0.25) is 0 Å². The van der Waals surface area contributed by atoms with Gasteiger partial charge in [-0.25, -0.2) is 9.78 Å². The molecule has 1 aromatic heterocycles. The summed E-state index contributed by atoms with van der Waals surface area (Å²) in [5.74, 6) is 0.182. The molecule has 0 amide bonds. The number of ether oxygens (including phenoxy) is 1. The predicted molar refractivity (Wildman–Crippen MR) is 99.1 cm³/mol. The van der Waals surface area contributed by atoms with Crippen LogP contribution in [0.4, 0.5) is 5.69 Å². The molecule has 4 rings (SSSR count). The minimum absolute atomic E-state index is 0.0307. The summed E-state index contributed by atoms with van der Waals surface area (Å²) in [6.45, 7) is 3.68. The SMILES string of the molecule is CCOC(=O)c1nc2c(o1)-c1ccccc1N(Cc1ccccc1)CC2. The molecule has 0 bridgehead atoms. The topological polar surface area (TPSA) is 55.6 Å². The number of nitrogens with zero attached hydrogens (tertiary/aromatic N) is 2. The summed E-state index contributed by atoms with van der Waals surface area (Å²) in [4.78, 5) is 18.7. The van der Waals surface area contributed by atoms with Gasteiger partial charge < -0.3 is 14.1 Å². The molecular formula is C21H20N2O3. The lowest BCUT2D eigenvalue weighted by Gasteiger charge is -2.24.